The van der Waals surface area contributed by atoms with Gasteiger partial charge in [0.05, 0.1) is 14.2 Å². The minimum atomic E-state index is -0.976. The fourth-order valence-electron chi connectivity index (χ4n) is 1.53. The molecule has 0 aliphatic carbocycles. The molecule has 0 saturated carbocycles. The highest BCUT2D eigenvalue weighted by Gasteiger charge is 2.16. The van der Waals surface area contributed by atoms with Crippen LogP contribution in [0, 0.1) is 22.7 Å². The SMILES string of the molecule is COC(=O)/C(C#N)=C(/N=[N+]=[N-])NCCCN/C(N=[N+]=[N-])=C(/C#N)C(=O)OC. The lowest BCUT2D eigenvalue weighted by Gasteiger charge is -2.10. The summed E-state index contributed by atoms with van der Waals surface area (Å²) in [6, 6.07) is 3.13. The van der Waals surface area contributed by atoms with Crippen LogP contribution in [0.1, 0.15) is 6.42 Å². The van der Waals surface area contributed by atoms with Gasteiger partial charge in [-0.25, -0.2) is 9.59 Å². The van der Waals surface area contributed by atoms with E-state index < -0.39 is 23.1 Å². The molecule has 0 aromatic rings. The first-order valence-corrected chi connectivity index (χ1v) is 7.03. The molecule has 0 bridgehead atoms. The zero-order chi connectivity index (χ0) is 20.7. The Balaban J connectivity index is 5.06. The van der Waals surface area contributed by atoms with E-state index in [0.29, 0.717) is 0 Å². The molecule has 140 valence electrons. The van der Waals surface area contributed by atoms with Gasteiger partial charge >= 0.3 is 11.9 Å². The van der Waals surface area contributed by atoms with Gasteiger partial charge in [-0.1, -0.05) is 0 Å². The summed E-state index contributed by atoms with van der Waals surface area (Å²) in [4.78, 5) is 27.9. The number of azide groups is 2. The first kappa shape index (κ1) is 22.6. The van der Waals surface area contributed by atoms with Crippen molar-refractivity contribution in [3.8, 4) is 12.1 Å². The van der Waals surface area contributed by atoms with Crippen LogP contribution in [-0.2, 0) is 19.1 Å². The normalized spacial score (nSPS) is 11.0. The lowest BCUT2D eigenvalue weighted by molar-refractivity contribution is -0.136. The van der Waals surface area contributed by atoms with Gasteiger partial charge in [0.25, 0.3) is 0 Å². The number of nitriles is 2. The van der Waals surface area contributed by atoms with Gasteiger partial charge in [0.1, 0.15) is 23.8 Å². The summed E-state index contributed by atoms with van der Waals surface area (Å²) in [6.07, 6.45) is 0.286. The van der Waals surface area contributed by atoms with Crippen molar-refractivity contribution in [2.75, 3.05) is 27.3 Å². The molecule has 0 atom stereocenters. The largest absolute Gasteiger partial charge is 0.465 e. The predicted octanol–water partition coefficient (Wildman–Crippen LogP) is 0.993. The first-order chi connectivity index (χ1) is 13.0. The van der Waals surface area contributed by atoms with Crippen LogP contribution in [0.4, 0.5) is 0 Å². The molecule has 0 rings (SSSR count). The Kier molecular flexibility index (Phi) is 10.9. The zero-order valence-electron chi connectivity index (χ0n) is 14.3. The quantitative estimate of drug-likeness (QED) is 0.106. The van der Waals surface area contributed by atoms with Crippen LogP contribution in [-0.4, -0.2) is 39.2 Å². The van der Waals surface area contributed by atoms with Crippen molar-refractivity contribution >= 4 is 11.9 Å². The van der Waals surface area contributed by atoms with E-state index in [1.165, 1.54) is 0 Å². The van der Waals surface area contributed by atoms with Gasteiger partial charge in [-0.15, -0.1) is 0 Å². The van der Waals surface area contributed by atoms with Crippen LogP contribution in [0.2, 0.25) is 0 Å². The molecule has 0 fully saturated rings. The minimum Gasteiger partial charge on any atom is -0.465 e. The Labute approximate surface area is 152 Å². The van der Waals surface area contributed by atoms with E-state index in [9.17, 15) is 9.59 Å². The maximum absolute atomic E-state index is 11.4. The maximum Gasteiger partial charge on any atom is 0.350 e. The monoisotopic (exact) mass is 374 g/mol. The lowest BCUT2D eigenvalue weighted by Crippen LogP contribution is -2.24. The molecule has 0 spiro atoms. The van der Waals surface area contributed by atoms with Gasteiger partial charge in [-0.3, -0.25) is 0 Å². The van der Waals surface area contributed by atoms with Crippen LogP contribution in [0.5, 0.6) is 0 Å². The molecule has 0 heterocycles. The third-order valence-electron chi connectivity index (χ3n) is 2.70. The number of nitrogens with one attached hydrogen (secondary N) is 2. The summed E-state index contributed by atoms with van der Waals surface area (Å²) in [7, 11) is 2.13. The van der Waals surface area contributed by atoms with Crippen LogP contribution in [0.15, 0.2) is 33.0 Å². The Bertz CT molecular complexity index is 751. The molecular weight excluding hydrogens is 360 g/mol. The third-order valence-corrected chi connectivity index (χ3v) is 2.70. The minimum absolute atomic E-state index is 0.118. The van der Waals surface area contributed by atoms with Crippen molar-refractivity contribution < 1.29 is 19.1 Å². The molecular formula is C13H14N10O4. The predicted molar refractivity (Wildman–Crippen MR) is 88.2 cm³/mol. The number of hydrogen-bond acceptors (Lipinski definition) is 10. The fraction of sp³-hybridized carbons (Fsp3) is 0.385. The number of ether oxygens (including phenoxy) is 2. The van der Waals surface area contributed by atoms with Crippen molar-refractivity contribution in [2.45, 2.75) is 6.42 Å². The van der Waals surface area contributed by atoms with Crippen molar-refractivity contribution in [3.05, 3.63) is 43.7 Å². The number of nitrogens with zero attached hydrogens (tertiary/aromatic N) is 8. The molecule has 0 aliphatic heterocycles. The molecule has 0 amide bonds. The molecule has 2 N–H and O–H groups in total. The number of rotatable bonds is 10. The van der Waals surface area contributed by atoms with E-state index in [1.807, 2.05) is 0 Å². The van der Waals surface area contributed by atoms with E-state index >= 15 is 0 Å². The molecule has 0 aromatic heterocycles. The second-order valence-electron chi connectivity index (χ2n) is 4.24. The topological polar surface area (TPSA) is 222 Å². The molecule has 14 heteroatoms. The molecule has 27 heavy (non-hydrogen) atoms. The molecule has 0 unspecified atom stereocenters. The second-order valence-corrected chi connectivity index (χ2v) is 4.24. The highest BCUT2D eigenvalue weighted by atomic mass is 16.5. The third kappa shape index (κ3) is 7.36. The van der Waals surface area contributed by atoms with E-state index in [-0.39, 0.29) is 31.2 Å². The highest BCUT2D eigenvalue weighted by molar-refractivity contribution is 5.93. The Morgan fingerprint density at radius 1 is 0.926 bits per heavy atom. The zero-order valence-corrected chi connectivity index (χ0v) is 14.3. The van der Waals surface area contributed by atoms with Crippen molar-refractivity contribution in [3.63, 3.8) is 0 Å². The van der Waals surface area contributed by atoms with E-state index in [4.69, 9.17) is 21.6 Å². The van der Waals surface area contributed by atoms with Gasteiger partial charge in [-0.05, 0) is 27.7 Å². The molecule has 0 radical (unpaired) electrons. The van der Waals surface area contributed by atoms with Crippen molar-refractivity contribution in [2.24, 2.45) is 10.2 Å². The van der Waals surface area contributed by atoms with Gasteiger partial charge in [0.15, 0.2) is 11.1 Å². The Hall–Kier alpha value is -4.38. The van der Waals surface area contributed by atoms with Gasteiger partial charge in [0, 0.05) is 22.9 Å². The average Bonchev–Trinajstić information content (AvgIpc) is 2.68. The van der Waals surface area contributed by atoms with Crippen LogP contribution in [0.3, 0.4) is 0 Å². The van der Waals surface area contributed by atoms with E-state index in [2.05, 4.69) is 40.2 Å². The van der Waals surface area contributed by atoms with Crippen molar-refractivity contribution in [1.82, 2.24) is 10.6 Å². The lowest BCUT2D eigenvalue weighted by atomic mass is 10.3. The summed E-state index contributed by atoms with van der Waals surface area (Å²) in [5.41, 5.74) is 16.0. The summed E-state index contributed by atoms with van der Waals surface area (Å²) >= 11 is 0. The molecule has 0 aliphatic rings. The van der Waals surface area contributed by atoms with Gasteiger partial charge in [-0.2, -0.15) is 10.5 Å². The number of carbonyl (C=O) groups is 2. The fourth-order valence-corrected chi connectivity index (χ4v) is 1.53. The second kappa shape index (κ2) is 13.0. The summed E-state index contributed by atoms with van der Waals surface area (Å²) in [5, 5.41) is 29.5. The molecule has 0 aromatic carbocycles. The summed E-state index contributed by atoms with van der Waals surface area (Å²) in [6.45, 7) is 0.236. The Morgan fingerprint density at radius 3 is 1.56 bits per heavy atom. The number of esters is 2. The maximum atomic E-state index is 11.4. The molecule has 14 nitrogen and oxygen atoms in total. The van der Waals surface area contributed by atoms with Crippen molar-refractivity contribution in [1.29, 1.82) is 10.5 Å². The number of carbonyl (C=O) groups excluding carboxylic acids is 2. The first-order valence-electron chi connectivity index (χ1n) is 7.03. The number of methoxy groups -OCH3 is 2. The number of hydrogen-bond donors (Lipinski definition) is 2. The van der Waals surface area contributed by atoms with Crippen LogP contribution >= 0.6 is 0 Å². The molecule has 0 saturated heterocycles. The smallest absolute Gasteiger partial charge is 0.350 e. The summed E-state index contributed by atoms with van der Waals surface area (Å²) in [5.74, 6) is -2.58. The van der Waals surface area contributed by atoms with E-state index in [1.54, 1.807) is 12.1 Å². The highest BCUT2D eigenvalue weighted by Crippen LogP contribution is 2.07. The van der Waals surface area contributed by atoms with Gasteiger partial charge < -0.3 is 20.1 Å². The van der Waals surface area contributed by atoms with Crippen LogP contribution in [0.25, 0.3) is 20.9 Å². The standard InChI is InChI=1S/C13H14N10O4/c1-26-12(24)8(6-14)10(20-22-16)18-4-3-5-19-11(21-23-17)9(7-15)13(25)27-2/h18-19H,3-5H2,1-2H3/b10-8+,11-9+. The average molecular weight is 374 g/mol. The van der Waals surface area contributed by atoms with Gasteiger partial charge in [0.2, 0.25) is 0 Å². The van der Waals surface area contributed by atoms with E-state index in [0.717, 1.165) is 14.2 Å². The summed E-state index contributed by atoms with van der Waals surface area (Å²) < 4.78 is 8.81. The van der Waals surface area contributed by atoms with Crippen LogP contribution < -0.4 is 10.6 Å². The Morgan fingerprint density at radius 2 is 1.30 bits per heavy atom.